The van der Waals surface area contributed by atoms with E-state index in [9.17, 15) is 0 Å². The van der Waals surface area contributed by atoms with Crippen LogP contribution in [0.1, 0.15) is 22.7 Å². The van der Waals surface area contributed by atoms with Gasteiger partial charge in [0.05, 0.1) is 12.6 Å². The molecule has 3 rings (SSSR count). The van der Waals surface area contributed by atoms with Gasteiger partial charge in [-0.1, -0.05) is 44.0 Å². The first-order chi connectivity index (χ1) is 9.13. The average Bonchev–Trinajstić information content (AvgIpc) is 2.83. The quantitative estimate of drug-likeness (QED) is 0.844. The highest BCUT2D eigenvalue weighted by molar-refractivity contribution is 9.11. The molecule has 98 valence electrons. The normalized spacial score (nSPS) is 14.9. The van der Waals surface area contributed by atoms with Gasteiger partial charge in [-0.15, -0.1) is 0 Å². The van der Waals surface area contributed by atoms with Gasteiger partial charge in [-0.05, 0) is 41.0 Å². The molecule has 1 heterocycles. The van der Waals surface area contributed by atoms with Crippen molar-refractivity contribution in [2.75, 3.05) is 6.61 Å². The molecule has 1 aliphatic rings. The van der Waals surface area contributed by atoms with Crippen LogP contribution in [0.15, 0.2) is 45.3 Å². The van der Waals surface area contributed by atoms with Crippen LogP contribution in [0.4, 0.5) is 0 Å². The molecule has 2 aromatic carbocycles. The lowest BCUT2D eigenvalue weighted by Crippen LogP contribution is -2.12. The lowest BCUT2D eigenvalue weighted by Gasteiger charge is -2.14. The summed E-state index contributed by atoms with van der Waals surface area (Å²) >= 11 is 7.00. The van der Waals surface area contributed by atoms with Crippen LogP contribution in [-0.4, -0.2) is 6.61 Å². The third-order valence-corrected chi connectivity index (χ3v) is 4.23. The summed E-state index contributed by atoms with van der Waals surface area (Å²) in [5, 5.41) is 0. The smallest absolute Gasteiger partial charge is 0.122 e. The Morgan fingerprint density at radius 2 is 1.74 bits per heavy atom. The number of nitrogens with two attached hydrogens (primary N) is 1. The maximum Gasteiger partial charge on any atom is 0.122 e. The van der Waals surface area contributed by atoms with E-state index in [1.807, 2.05) is 18.2 Å². The molecule has 0 saturated carbocycles. The summed E-state index contributed by atoms with van der Waals surface area (Å²) in [5.74, 6) is 0.992. The van der Waals surface area contributed by atoms with Gasteiger partial charge in [0.1, 0.15) is 5.75 Å². The molecule has 1 atom stereocenters. The predicted molar refractivity (Wildman–Crippen MR) is 83.5 cm³/mol. The first-order valence-corrected chi connectivity index (χ1v) is 7.69. The second kappa shape index (κ2) is 5.27. The molecule has 2 aromatic rings. The fraction of sp³-hybridized carbons (Fsp3) is 0.200. The van der Waals surface area contributed by atoms with Crippen LogP contribution >= 0.6 is 31.9 Å². The zero-order valence-corrected chi connectivity index (χ0v) is 13.4. The first kappa shape index (κ1) is 13.2. The van der Waals surface area contributed by atoms with Crippen LogP contribution in [0.3, 0.4) is 0 Å². The van der Waals surface area contributed by atoms with E-state index < -0.39 is 0 Å². The molecule has 1 unspecified atom stereocenters. The number of ether oxygens (including phenoxy) is 1. The van der Waals surface area contributed by atoms with Gasteiger partial charge < -0.3 is 10.5 Å². The number of rotatable bonds is 2. The van der Waals surface area contributed by atoms with Crippen molar-refractivity contribution in [3.8, 4) is 5.75 Å². The first-order valence-electron chi connectivity index (χ1n) is 6.11. The average molecular weight is 383 g/mol. The zero-order chi connectivity index (χ0) is 13.4. The molecule has 0 spiro atoms. The van der Waals surface area contributed by atoms with Crippen LogP contribution in [-0.2, 0) is 6.42 Å². The minimum Gasteiger partial charge on any atom is -0.493 e. The second-order valence-electron chi connectivity index (χ2n) is 4.65. The molecule has 2 nitrogen and oxygen atoms in total. The monoisotopic (exact) mass is 381 g/mol. The summed E-state index contributed by atoms with van der Waals surface area (Å²) in [7, 11) is 0. The van der Waals surface area contributed by atoms with E-state index in [-0.39, 0.29) is 6.04 Å². The van der Waals surface area contributed by atoms with E-state index in [2.05, 4.69) is 50.1 Å². The van der Waals surface area contributed by atoms with Crippen molar-refractivity contribution in [1.82, 2.24) is 0 Å². The molecule has 0 aliphatic carbocycles. The summed E-state index contributed by atoms with van der Waals surface area (Å²) in [5.41, 5.74) is 9.82. The Balaban J connectivity index is 1.97. The summed E-state index contributed by atoms with van der Waals surface area (Å²) in [6.07, 6.45) is 0.970. The van der Waals surface area contributed by atoms with Gasteiger partial charge >= 0.3 is 0 Å². The zero-order valence-electron chi connectivity index (χ0n) is 10.2. The summed E-state index contributed by atoms with van der Waals surface area (Å²) in [6, 6.07) is 12.2. The molecule has 2 N–H and O–H groups in total. The maximum absolute atomic E-state index is 6.37. The van der Waals surface area contributed by atoms with Crippen molar-refractivity contribution < 1.29 is 4.74 Å². The Labute approximate surface area is 129 Å². The highest BCUT2D eigenvalue weighted by Crippen LogP contribution is 2.31. The van der Waals surface area contributed by atoms with Crippen LogP contribution in [0, 0.1) is 0 Å². The van der Waals surface area contributed by atoms with Crippen molar-refractivity contribution >= 4 is 31.9 Å². The molecule has 0 bridgehead atoms. The van der Waals surface area contributed by atoms with Gasteiger partial charge in [0.15, 0.2) is 0 Å². The van der Waals surface area contributed by atoms with E-state index in [0.717, 1.165) is 38.8 Å². The van der Waals surface area contributed by atoms with E-state index in [4.69, 9.17) is 10.5 Å². The Hall–Kier alpha value is -0.840. The van der Waals surface area contributed by atoms with Crippen molar-refractivity contribution in [3.05, 3.63) is 62.0 Å². The largest absolute Gasteiger partial charge is 0.493 e. The van der Waals surface area contributed by atoms with Gasteiger partial charge in [-0.25, -0.2) is 0 Å². The van der Waals surface area contributed by atoms with Crippen LogP contribution in [0.5, 0.6) is 5.75 Å². The molecule has 0 radical (unpaired) electrons. The fourth-order valence-corrected chi connectivity index (χ4v) is 3.68. The molecule has 0 amide bonds. The standard InChI is InChI=1S/C15H13Br2NO/c16-12-6-11(7-13(17)8-12)15(18)10-1-2-14-9(5-10)3-4-19-14/h1-2,5-8,15H,3-4,18H2. The van der Waals surface area contributed by atoms with Gasteiger partial charge in [0, 0.05) is 15.4 Å². The van der Waals surface area contributed by atoms with Crippen molar-refractivity contribution in [3.63, 3.8) is 0 Å². The summed E-state index contributed by atoms with van der Waals surface area (Å²) in [6.45, 7) is 0.774. The molecular formula is C15H13Br2NO. The summed E-state index contributed by atoms with van der Waals surface area (Å²) < 4.78 is 7.57. The molecule has 19 heavy (non-hydrogen) atoms. The fourth-order valence-electron chi connectivity index (χ4n) is 2.35. The number of halogens is 2. The Bertz CT molecular complexity index is 607. The third kappa shape index (κ3) is 2.71. The van der Waals surface area contributed by atoms with Crippen LogP contribution in [0.25, 0.3) is 0 Å². The molecule has 0 saturated heterocycles. The van der Waals surface area contributed by atoms with Crippen molar-refractivity contribution in [2.45, 2.75) is 12.5 Å². The molecular weight excluding hydrogens is 370 g/mol. The van der Waals surface area contributed by atoms with E-state index in [0.29, 0.717) is 0 Å². The van der Waals surface area contributed by atoms with Gasteiger partial charge in [0.25, 0.3) is 0 Å². The topological polar surface area (TPSA) is 35.2 Å². The van der Waals surface area contributed by atoms with Crippen LogP contribution in [0.2, 0.25) is 0 Å². The van der Waals surface area contributed by atoms with Crippen LogP contribution < -0.4 is 10.5 Å². The SMILES string of the molecule is NC(c1cc(Br)cc(Br)c1)c1ccc2c(c1)CCO2. The highest BCUT2D eigenvalue weighted by Gasteiger charge is 2.16. The molecule has 1 aliphatic heterocycles. The highest BCUT2D eigenvalue weighted by atomic mass is 79.9. The van der Waals surface area contributed by atoms with Gasteiger partial charge in [-0.2, -0.15) is 0 Å². The Morgan fingerprint density at radius 1 is 1.00 bits per heavy atom. The predicted octanol–water partition coefficient (Wildman–Crippen LogP) is 4.19. The molecule has 0 fully saturated rings. The maximum atomic E-state index is 6.37. The number of hydrogen-bond acceptors (Lipinski definition) is 2. The molecule has 0 aromatic heterocycles. The van der Waals surface area contributed by atoms with Crippen molar-refractivity contribution in [2.24, 2.45) is 5.73 Å². The lowest BCUT2D eigenvalue weighted by atomic mass is 9.97. The van der Waals surface area contributed by atoms with Crippen molar-refractivity contribution in [1.29, 1.82) is 0 Å². The number of benzene rings is 2. The molecule has 4 heteroatoms. The van der Waals surface area contributed by atoms with E-state index in [1.54, 1.807) is 0 Å². The summed E-state index contributed by atoms with van der Waals surface area (Å²) in [4.78, 5) is 0. The van der Waals surface area contributed by atoms with Gasteiger partial charge in [-0.3, -0.25) is 0 Å². The third-order valence-electron chi connectivity index (χ3n) is 3.32. The lowest BCUT2D eigenvalue weighted by molar-refractivity contribution is 0.357. The minimum absolute atomic E-state index is 0.125. The Kier molecular flexibility index (Phi) is 3.65. The second-order valence-corrected chi connectivity index (χ2v) is 6.48. The van der Waals surface area contributed by atoms with E-state index in [1.165, 1.54) is 5.56 Å². The minimum atomic E-state index is -0.125. The van der Waals surface area contributed by atoms with E-state index >= 15 is 0 Å². The number of fused-ring (bicyclic) bond motifs is 1. The number of hydrogen-bond donors (Lipinski definition) is 1. The Morgan fingerprint density at radius 3 is 2.47 bits per heavy atom. The van der Waals surface area contributed by atoms with Gasteiger partial charge in [0.2, 0.25) is 0 Å².